The number of nitrogens with zero attached hydrogens (tertiary/aromatic N) is 2. The van der Waals surface area contributed by atoms with Crippen molar-refractivity contribution in [3.8, 4) is 76.5 Å². The minimum absolute atomic E-state index is 0.0295. The van der Waals surface area contributed by atoms with Gasteiger partial charge in [-0.05, 0) is 146 Å². The Balaban J connectivity index is 1.21. The number of benzene rings is 5. The zero-order valence-electron chi connectivity index (χ0n) is 39.5. The first-order chi connectivity index (χ1) is 31.7. The van der Waals surface area contributed by atoms with Crippen LogP contribution in [0.3, 0.4) is 0 Å². The molecule has 0 bridgehead atoms. The maximum Gasteiger partial charge on any atom is 0.118 e. The van der Waals surface area contributed by atoms with Crippen LogP contribution in [0.5, 0.6) is 11.5 Å². The molecule has 0 spiro atoms. The molecule has 8 aromatic rings. The van der Waals surface area contributed by atoms with Crippen LogP contribution in [0, 0.1) is 27.7 Å². The maximum atomic E-state index is 5.68. The summed E-state index contributed by atoms with van der Waals surface area (Å²) in [5.74, 6) is 1.61. The molecule has 0 fully saturated rings. The van der Waals surface area contributed by atoms with Crippen molar-refractivity contribution < 1.29 is 9.47 Å². The fourth-order valence-electron chi connectivity index (χ4n) is 10.2. The molecule has 0 N–H and O–H groups in total. The minimum atomic E-state index is 0.0295. The van der Waals surface area contributed by atoms with Gasteiger partial charge in [-0.1, -0.05) is 113 Å². The van der Waals surface area contributed by atoms with Crippen molar-refractivity contribution in [3.05, 3.63) is 142 Å². The molecule has 1 aliphatic rings. The number of aromatic nitrogens is 2. The van der Waals surface area contributed by atoms with E-state index in [9.17, 15) is 0 Å². The van der Waals surface area contributed by atoms with Gasteiger partial charge in [0.2, 0.25) is 0 Å². The molecular formula is C59H62N2O2S2. The van der Waals surface area contributed by atoms with E-state index in [1.165, 1.54) is 123 Å². The third-order valence-corrected chi connectivity index (χ3v) is 16.4. The SMILES string of the molecule is CCCCCCC1(CCCCCC)c2cc(C)ccc2-c2ccc(-c3sc(-c4ccc(-c5cc(C)c(C)s5)c5nc(-c6ccc(OC)cc6)c(-c6ccc(OC)cc6)nc45)cc3C)cc21. The topological polar surface area (TPSA) is 44.2 Å². The smallest absolute Gasteiger partial charge is 0.118 e. The van der Waals surface area contributed by atoms with Crippen molar-refractivity contribution in [2.45, 2.75) is 111 Å². The van der Waals surface area contributed by atoms with Crippen LogP contribution in [-0.2, 0) is 5.41 Å². The summed E-state index contributed by atoms with van der Waals surface area (Å²) in [5.41, 5.74) is 18.9. The van der Waals surface area contributed by atoms with Gasteiger partial charge in [0.1, 0.15) is 11.5 Å². The molecule has 6 heteroatoms. The second-order valence-corrected chi connectivity index (χ2v) is 20.5. The van der Waals surface area contributed by atoms with Gasteiger partial charge in [-0.15, -0.1) is 22.7 Å². The van der Waals surface area contributed by atoms with Crippen molar-refractivity contribution in [2.75, 3.05) is 14.2 Å². The molecular weight excluding hydrogens is 833 g/mol. The van der Waals surface area contributed by atoms with E-state index in [-0.39, 0.29) is 5.41 Å². The van der Waals surface area contributed by atoms with Gasteiger partial charge in [0.25, 0.3) is 0 Å². The molecule has 0 amide bonds. The van der Waals surface area contributed by atoms with Crippen molar-refractivity contribution >= 4 is 33.7 Å². The highest BCUT2D eigenvalue weighted by molar-refractivity contribution is 7.19. The first-order valence-corrected chi connectivity index (χ1v) is 25.4. The molecule has 0 saturated heterocycles. The Morgan fingerprint density at radius 2 is 0.954 bits per heavy atom. The highest BCUT2D eigenvalue weighted by Crippen LogP contribution is 2.56. The van der Waals surface area contributed by atoms with Gasteiger partial charge in [-0.3, -0.25) is 0 Å². The van der Waals surface area contributed by atoms with Crippen LogP contribution in [0.1, 0.15) is 111 Å². The average Bonchev–Trinajstić information content (AvgIpc) is 3.97. The minimum Gasteiger partial charge on any atom is -0.497 e. The van der Waals surface area contributed by atoms with E-state index in [2.05, 4.69) is 126 Å². The van der Waals surface area contributed by atoms with Crippen LogP contribution in [0.15, 0.2) is 109 Å². The number of unbranched alkanes of at least 4 members (excludes halogenated alkanes) is 6. The molecule has 3 aromatic heterocycles. The van der Waals surface area contributed by atoms with E-state index in [0.717, 1.165) is 56.2 Å². The van der Waals surface area contributed by atoms with Gasteiger partial charge in [0.05, 0.1) is 36.6 Å². The fourth-order valence-corrected chi connectivity index (χ4v) is 12.4. The molecule has 65 heavy (non-hydrogen) atoms. The van der Waals surface area contributed by atoms with Crippen LogP contribution in [-0.4, -0.2) is 24.2 Å². The number of ether oxygens (including phenoxy) is 2. The van der Waals surface area contributed by atoms with E-state index >= 15 is 0 Å². The van der Waals surface area contributed by atoms with Gasteiger partial charge >= 0.3 is 0 Å². The molecule has 0 atom stereocenters. The largest absolute Gasteiger partial charge is 0.497 e. The van der Waals surface area contributed by atoms with Crippen LogP contribution in [0.4, 0.5) is 0 Å². The highest BCUT2D eigenvalue weighted by atomic mass is 32.1. The number of hydrogen-bond acceptors (Lipinski definition) is 6. The molecule has 0 aliphatic heterocycles. The third-order valence-electron chi connectivity index (χ3n) is 13.9. The van der Waals surface area contributed by atoms with Gasteiger partial charge in [-0.2, -0.15) is 0 Å². The Labute approximate surface area is 394 Å². The van der Waals surface area contributed by atoms with Gasteiger partial charge < -0.3 is 9.47 Å². The number of hydrogen-bond donors (Lipinski definition) is 0. The second-order valence-electron chi connectivity index (χ2n) is 18.2. The number of fused-ring (bicyclic) bond motifs is 4. The second kappa shape index (κ2) is 19.1. The van der Waals surface area contributed by atoms with E-state index in [1.807, 2.05) is 46.9 Å². The van der Waals surface area contributed by atoms with Crippen molar-refractivity contribution in [2.24, 2.45) is 0 Å². The molecule has 5 aromatic carbocycles. The Morgan fingerprint density at radius 1 is 0.477 bits per heavy atom. The lowest BCUT2D eigenvalue weighted by atomic mass is 9.70. The predicted octanol–water partition coefficient (Wildman–Crippen LogP) is 17.5. The van der Waals surface area contributed by atoms with E-state index in [0.29, 0.717) is 0 Å². The summed E-state index contributed by atoms with van der Waals surface area (Å²) in [6.07, 6.45) is 12.6. The fraction of sp³-hybridized carbons (Fsp3) is 0.322. The first kappa shape index (κ1) is 44.6. The predicted molar refractivity (Wildman–Crippen MR) is 278 cm³/mol. The van der Waals surface area contributed by atoms with Gasteiger partial charge in [0, 0.05) is 47.2 Å². The van der Waals surface area contributed by atoms with E-state index in [4.69, 9.17) is 19.4 Å². The third kappa shape index (κ3) is 8.56. The Kier molecular flexibility index (Phi) is 13.1. The summed E-state index contributed by atoms with van der Waals surface area (Å²) in [6.45, 7) is 13.6. The van der Waals surface area contributed by atoms with Gasteiger partial charge in [0.15, 0.2) is 0 Å². The molecule has 332 valence electrons. The van der Waals surface area contributed by atoms with Crippen molar-refractivity contribution in [3.63, 3.8) is 0 Å². The number of methoxy groups -OCH3 is 2. The summed E-state index contributed by atoms with van der Waals surface area (Å²) in [4.78, 5) is 16.4. The average molecular weight is 895 g/mol. The lowest BCUT2D eigenvalue weighted by molar-refractivity contribution is 0.401. The normalized spacial score (nSPS) is 12.7. The quantitative estimate of drug-likeness (QED) is 0.0854. The molecule has 0 saturated carbocycles. The zero-order valence-corrected chi connectivity index (χ0v) is 41.1. The molecule has 3 heterocycles. The molecule has 1 aliphatic carbocycles. The Hall–Kier alpha value is -5.56. The summed E-state index contributed by atoms with van der Waals surface area (Å²) >= 11 is 3.71. The van der Waals surface area contributed by atoms with E-state index < -0.39 is 0 Å². The van der Waals surface area contributed by atoms with Crippen LogP contribution >= 0.6 is 22.7 Å². The summed E-state index contributed by atoms with van der Waals surface area (Å²) in [5, 5.41) is 0. The van der Waals surface area contributed by atoms with Crippen molar-refractivity contribution in [1.29, 1.82) is 0 Å². The summed E-state index contributed by atoms with van der Waals surface area (Å²) < 4.78 is 11.1. The molecule has 4 nitrogen and oxygen atoms in total. The first-order valence-electron chi connectivity index (χ1n) is 23.7. The van der Waals surface area contributed by atoms with Gasteiger partial charge in [-0.25, -0.2) is 9.97 Å². The molecule has 0 radical (unpaired) electrons. The Morgan fingerprint density at radius 3 is 1.46 bits per heavy atom. The summed E-state index contributed by atoms with van der Waals surface area (Å²) in [7, 11) is 3.40. The zero-order chi connectivity index (χ0) is 45.2. The van der Waals surface area contributed by atoms with Crippen molar-refractivity contribution in [1.82, 2.24) is 9.97 Å². The highest BCUT2D eigenvalue weighted by Gasteiger charge is 2.42. The van der Waals surface area contributed by atoms with Crippen LogP contribution in [0.2, 0.25) is 0 Å². The molecule has 0 unspecified atom stereocenters. The lowest BCUT2D eigenvalue weighted by Crippen LogP contribution is -2.25. The maximum absolute atomic E-state index is 5.68. The Bertz CT molecular complexity index is 2940. The van der Waals surface area contributed by atoms with E-state index in [1.54, 1.807) is 19.8 Å². The molecule has 9 rings (SSSR count). The summed E-state index contributed by atoms with van der Waals surface area (Å²) in [6, 6.07) is 40.3. The monoisotopic (exact) mass is 894 g/mol. The number of rotatable bonds is 17. The lowest BCUT2D eigenvalue weighted by Gasteiger charge is -2.33. The number of aryl methyl sites for hydroxylation is 4. The number of thiophene rings is 2. The van der Waals surface area contributed by atoms with Crippen LogP contribution < -0.4 is 9.47 Å². The van der Waals surface area contributed by atoms with Crippen LogP contribution in [0.25, 0.3) is 76.0 Å². The standard InChI is InChI=1S/C59H62N2O2S2/c1-9-11-13-15-31-59(32-16-14-12-10-2)50-33-37(3)17-27-46(50)47-28-22-43(36-51(47)59)58-39(5)35-53(65-58)49-30-29-48(52-34-38(4)40(6)64-52)56-57(49)61-55(42-20-25-45(63-8)26-21-42)54(60-56)41-18-23-44(62-7)24-19-41/h17-30,33-36H,9-16,31-32H2,1-8H3.